The van der Waals surface area contributed by atoms with Crippen LogP contribution in [-0.2, 0) is 0 Å². The zero-order valence-electron chi connectivity index (χ0n) is 32.8. The molecule has 0 aliphatic rings. The summed E-state index contributed by atoms with van der Waals surface area (Å²) in [5.41, 5.74) is 13.1. The van der Waals surface area contributed by atoms with Gasteiger partial charge in [-0.15, -0.1) is 0 Å². The summed E-state index contributed by atoms with van der Waals surface area (Å²) in [6.45, 7) is 0. The molecule has 0 aliphatic heterocycles. The summed E-state index contributed by atoms with van der Waals surface area (Å²) in [6.07, 6.45) is 1.91. The van der Waals surface area contributed by atoms with Crippen LogP contribution in [-0.4, -0.2) is 4.98 Å². The largest absolute Gasteiger partial charge is 0.256 e. The van der Waals surface area contributed by atoms with Crippen LogP contribution in [0.5, 0.6) is 0 Å². The molecule has 0 spiro atoms. The Balaban J connectivity index is 1.08. The van der Waals surface area contributed by atoms with Crippen molar-refractivity contribution in [2.24, 2.45) is 0 Å². The summed E-state index contributed by atoms with van der Waals surface area (Å²) in [5, 5.41) is 13.5. The number of pyridine rings is 1. The third-order valence-corrected chi connectivity index (χ3v) is 12.5. The first-order valence-electron chi connectivity index (χ1n) is 20.7. The molecule has 1 heterocycles. The first-order valence-corrected chi connectivity index (χ1v) is 20.7. The zero-order valence-corrected chi connectivity index (χ0v) is 32.8. The molecule has 278 valence electrons. The van der Waals surface area contributed by atoms with Crippen LogP contribution in [0.3, 0.4) is 0 Å². The highest BCUT2D eigenvalue weighted by molar-refractivity contribution is 6.22. The van der Waals surface area contributed by atoms with Crippen molar-refractivity contribution in [3.05, 3.63) is 225 Å². The minimum absolute atomic E-state index is 1.03. The first-order chi connectivity index (χ1) is 29.7. The number of fused-ring (bicyclic) bond motifs is 7. The van der Waals surface area contributed by atoms with Crippen LogP contribution in [0.4, 0.5) is 0 Å². The van der Waals surface area contributed by atoms with Gasteiger partial charge in [-0.2, -0.15) is 0 Å². The van der Waals surface area contributed by atoms with Crippen LogP contribution in [0.15, 0.2) is 225 Å². The van der Waals surface area contributed by atoms with Gasteiger partial charge >= 0.3 is 0 Å². The van der Waals surface area contributed by atoms with E-state index >= 15 is 0 Å². The topological polar surface area (TPSA) is 12.9 Å². The summed E-state index contributed by atoms with van der Waals surface area (Å²) in [7, 11) is 0. The third kappa shape index (κ3) is 5.67. The maximum atomic E-state index is 4.91. The zero-order chi connectivity index (χ0) is 39.6. The molecule has 0 unspecified atom stereocenters. The van der Waals surface area contributed by atoms with E-state index in [0.29, 0.717) is 0 Å². The Morgan fingerprint density at radius 3 is 1.27 bits per heavy atom. The van der Waals surface area contributed by atoms with Crippen molar-refractivity contribution in [1.29, 1.82) is 0 Å². The lowest BCUT2D eigenvalue weighted by Crippen LogP contribution is -1.93. The molecule has 0 saturated heterocycles. The molecule has 0 amide bonds. The molecule has 1 aromatic heterocycles. The van der Waals surface area contributed by atoms with E-state index in [1.165, 1.54) is 109 Å². The van der Waals surface area contributed by atoms with E-state index in [1.807, 2.05) is 6.20 Å². The van der Waals surface area contributed by atoms with E-state index < -0.39 is 0 Å². The Labute approximate surface area is 348 Å². The fourth-order valence-electron chi connectivity index (χ4n) is 9.51. The van der Waals surface area contributed by atoms with Crippen LogP contribution in [0.1, 0.15) is 0 Å². The SMILES string of the molecule is c1ccc2cc(-c3ccc(-c4c5ccccc5c(-c5ccc(-c6ccc7ccccc7c6)cc5)c5cc(-c6cc7ccccc7c7ncccc67)ccc45)cc3)ccc2c1. The predicted octanol–water partition coefficient (Wildman–Crippen LogP) is 16.3. The van der Waals surface area contributed by atoms with Gasteiger partial charge in [0.05, 0.1) is 5.52 Å². The lowest BCUT2D eigenvalue weighted by atomic mass is 9.84. The molecule has 0 aliphatic carbocycles. The lowest BCUT2D eigenvalue weighted by Gasteiger charge is -2.19. The monoisotopic (exact) mass is 759 g/mol. The van der Waals surface area contributed by atoms with Crippen molar-refractivity contribution in [2.45, 2.75) is 0 Å². The van der Waals surface area contributed by atoms with E-state index in [1.54, 1.807) is 0 Å². The van der Waals surface area contributed by atoms with Crippen molar-refractivity contribution < 1.29 is 0 Å². The summed E-state index contributed by atoms with van der Waals surface area (Å²) >= 11 is 0. The fourth-order valence-corrected chi connectivity index (χ4v) is 9.51. The van der Waals surface area contributed by atoms with Gasteiger partial charge in [0, 0.05) is 17.0 Å². The Morgan fingerprint density at radius 2 is 0.667 bits per heavy atom. The summed E-state index contributed by atoms with van der Waals surface area (Å²) in [4.78, 5) is 4.91. The van der Waals surface area contributed by atoms with Crippen LogP contribution in [0, 0.1) is 0 Å². The van der Waals surface area contributed by atoms with Crippen LogP contribution in [0.25, 0.3) is 120 Å². The molecule has 1 nitrogen and oxygen atoms in total. The van der Waals surface area contributed by atoms with Crippen LogP contribution >= 0.6 is 0 Å². The van der Waals surface area contributed by atoms with E-state index in [2.05, 4.69) is 218 Å². The molecule has 0 bridgehead atoms. The number of hydrogen-bond acceptors (Lipinski definition) is 1. The molecular weight excluding hydrogens is 723 g/mol. The third-order valence-electron chi connectivity index (χ3n) is 12.5. The highest BCUT2D eigenvalue weighted by Crippen LogP contribution is 2.46. The predicted molar refractivity (Wildman–Crippen MR) is 256 cm³/mol. The van der Waals surface area contributed by atoms with Gasteiger partial charge in [0.15, 0.2) is 0 Å². The van der Waals surface area contributed by atoms with E-state index in [4.69, 9.17) is 4.98 Å². The summed E-state index contributed by atoms with van der Waals surface area (Å²) < 4.78 is 0. The van der Waals surface area contributed by atoms with Gasteiger partial charge in [-0.05, 0) is 134 Å². The molecule has 0 atom stereocenters. The second-order valence-electron chi connectivity index (χ2n) is 15.9. The second kappa shape index (κ2) is 13.9. The van der Waals surface area contributed by atoms with E-state index in [9.17, 15) is 0 Å². The van der Waals surface area contributed by atoms with Crippen molar-refractivity contribution in [1.82, 2.24) is 4.98 Å². The molecule has 0 N–H and O–H groups in total. The number of rotatable bonds is 5. The Morgan fingerprint density at radius 1 is 0.233 bits per heavy atom. The van der Waals surface area contributed by atoms with Crippen LogP contribution < -0.4 is 0 Å². The molecule has 0 saturated carbocycles. The van der Waals surface area contributed by atoms with Crippen molar-refractivity contribution in [3.63, 3.8) is 0 Å². The second-order valence-corrected chi connectivity index (χ2v) is 15.9. The van der Waals surface area contributed by atoms with E-state index in [0.717, 1.165) is 10.9 Å². The van der Waals surface area contributed by atoms with Crippen molar-refractivity contribution in [2.75, 3.05) is 0 Å². The summed E-state index contributed by atoms with van der Waals surface area (Å²) in [5.74, 6) is 0. The molecule has 1 heteroatoms. The van der Waals surface area contributed by atoms with Crippen molar-refractivity contribution >= 4 is 64.8 Å². The van der Waals surface area contributed by atoms with Gasteiger partial charge in [0.25, 0.3) is 0 Å². The minimum atomic E-state index is 1.03. The van der Waals surface area contributed by atoms with Crippen LogP contribution in [0.2, 0.25) is 0 Å². The number of hydrogen-bond donors (Lipinski definition) is 0. The molecular formula is C59H37N. The smallest absolute Gasteiger partial charge is 0.0786 e. The van der Waals surface area contributed by atoms with Gasteiger partial charge in [-0.1, -0.05) is 188 Å². The quantitative estimate of drug-likeness (QED) is 0.126. The van der Waals surface area contributed by atoms with Gasteiger partial charge < -0.3 is 0 Å². The Kier molecular flexibility index (Phi) is 7.92. The molecule has 12 rings (SSSR count). The average Bonchev–Trinajstić information content (AvgIpc) is 3.32. The lowest BCUT2D eigenvalue weighted by molar-refractivity contribution is 1.43. The molecule has 11 aromatic carbocycles. The normalized spacial score (nSPS) is 11.7. The van der Waals surface area contributed by atoms with Gasteiger partial charge in [-0.25, -0.2) is 0 Å². The maximum Gasteiger partial charge on any atom is 0.0786 e. The van der Waals surface area contributed by atoms with Gasteiger partial charge in [0.2, 0.25) is 0 Å². The van der Waals surface area contributed by atoms with Gasteiger partial charge in [0.1, 0.15) is 0 Å². The Hall–Kier alpha value is -7.87. The minimum Gasteiger partial charge on any atom is -0.256 e. The highest BCUT2D eigenvalue weighted by atomic mass is 14.6. The van der Waals surface area contributed by atoms with Gasteiger partial charge in [-0.3, -0.25) is 4.98 Å². The molecule has 0 fully saturated rings. The highest BCUT2D eigenvalue weighted by Gasteiger charge is 2.19. The molecule has 12 aromatic rings. The standard InChI is InChI=1S/C59H37N/c1-3-12-44-34-46(29-23-38(44)10-1)40-19-25-42(26-20-40)57-51-16-7-8-17-52(51)58(43-27-21-41(22-28-43)47-30-24-39-11-2-4-13-45(39)35-47)56-37-49(31-32-53(56)57)55-36-48-14-5-6-15-50(48)59-54(55)18-9-33-60-59/h1-37H. The van der Waals surface area contributed by atoms with E-state index in [-0.39, 0.29) is 0 Å². The number of aromatic nitrogens is 1. The Bertz CT molecular complexity index is 3630. The summed E-state index contributed by atoms with van der Waals surface area (Å²) in [6, 6.07) is 80.3. The molecule has 60 heavy (non-hydrogen) atoms. The first kappa shape index (κ1) is 34.2. The molecule has 0 radical (unpaired) electrons. The van der Waals surface area contributed by atoms with Crippen molar-refractivity contribution in [3.8, 4) is 55.6 Å². The maximum absolute atomic E-state index is 4.91. The average molecular weight is 760 g/mol. The number of nitrogens with zero attached hydrogens (tertiary/aromatic N) is 1. The number of benzene rings is 11. The fraction of sp³-hybridized carbons (Fsp3) is 0.